The monoisotopic (exact) mass is 868 g/mol. The van der Waals surface area contributed by atoms with Gasteiger partial charge in [-0.25, -0.2) is 26.2 Å². The molecule has 2 bridgehead atoms. The van der Waals surface area contributed by atoms with Crippen LogP contribution in [0.4, 0.5) is 5.82 Å². The summed E-state index contributed by atoms with van der Waals surface area (Å²) in [5.74, 6) is 0.701. The first-order valence-electron chi connectivity index (χ1n) is 21.2. The number of ether oxygens (including phenoxy) is 3. The largest absolute Gasteiger partial charge is 0.497 e. The van der Waals surface area contributed by atoms with Crippen LogP contribution in [0.1, 0.15) is 67.4 Å². The van der Waals surface area contributed by atoms with Crippen LogP contribution in [0.2, 0.25) is 0 Å². The molecular weight excluding hydrogens is 816 g/mol. The summed E-state index contributed by atoms with van der Waals surface area (Å²) >= 11 is 0. The van der Waals surface area contributed by atoms with Crippen molar-refractivity contribution in [1.82, 2.24) is 29.5 Å². The van der Waals surface area contributed by atoms with Crippen LogP contribution in [0.3, 0.4) is 0 Å². The fraction of sp³-hybridized carbons (Fsp3) is 0.354. The molecular formula is C48H53N8O6P. The highest BCUT2D eigenvalue weighted by molar-refractivity contribution is 7.44. The van der Waals surface area contributed by atoms with Gasteiger partial charge in [-0.1, -0.05) is 91.0 Å². The molecule has 0 aliphatic carbocycles. The van der Waals surface area contributed by atoms with Crippen LogP contribution in [0, 0.1) is 6.57 Å². The summed E-state index contributed by atoms with van der Waals surface area (Å²) in [6.45, 7) is 16.9. The smallest absolute Gasteiger partial charge is 0.259 e. The Balaban J connectivity index is 1.26. The third kappa shape index (κ3) is 8.83. The first-order chi connectivity index (χ1) is 30.7. The molecule has 2 saturated heterocycles. The molecule has 2 aliphatic rings. The molecule has 4 aromatic carbocycles. The topological polar surface area (TPSA) is 138 Å². The number of carbonyl (C=O) groups is 1. The normalized spacial score (nSPS) is 20.3. The van der Waals surface area contributed by atoms with Gasteiger partial charge in [0.1, 0.15) is 30.4 Å². The van der Waals surface area contributed by atoms with E-state index in [2.05, 4.69) is 89.2 Å². The minimum Gasteiger partial charge on any atom is -0.497 e. The SMILES string of the molecule is [C-]#[N+]CCOP(OC[C@@]12CCO[C@@H]([C@H](n3cnc4c(NC(=O)c5ccccc5)ncnc43)O1)[C@@H]2NC(c1ccccc1)(c1ccccc1)c1ccc(OC)cc1)N(C(C)C)C(C)C. The summed E-state index contributed by atoms with van der Waals surface area (Å²) in [6.07, 6.45) is 2.23. The van der Waals surface area contributed by atoms with E-state index >= 15 is 0 Å². The Hall–Kier alpha value is -5.62. The van der Waals surface area contributed by atoms with Gasteiger partial charge in [-0.15, -0.1) is 0 Å². The van der Waals surface area contributed by atoms with Gasteiger partial charge >= 0.3 is 0 Å². The molecule has 2 fully saturated rings. The average Bonchev–Trinajstić information content (AvgIpc) is 3.80. The van der Waals surface area contributed by atoms with E-state index in [-0.39, 0.29) is 43.6 Å². The number of aromatic nitrogens is 4. The first kappa shape index (κ1) is 44.0. The lowest BCUT2D eigenvalue weighted by molar-refractivity contribution is -0.104. The van der Waals surface area contributed by atoms with Crippen LogP contribution >= 0.6 is 8.53 Å². The second-order valence-electron chi connectivity index (χ2n) is 16.2. The Morgan fingerprint density at radius 1 is 0.905 bits per heavy atom. The van der Waals surface area contributed by atoms with Crippen molar-refractivity contribution in [3.63, 3.8) is 0 Å². The zero-order valence-corrected chi connectivity index (χ0v) is 37.0. The molecule has 63 heavy (non-hydrogen) atoms. The van der Waals surface area contributed by atoms with Crippen molar-refractivity contribution in [1.29, 1.82) is 0 Å². The van der Waals surface area contributed by atoms with Crippen LogP contribution in [0.25, 0.3) is 16.0 Å². The summed E-state index contributed by atoms with van der Waals surface area (Å²) in [4.78, 5) is 30.7. The fourth-order valence-electron chi connectivity index (χ4n) is 8.80. The van der Waals surface area contributed by atoms with Gasteiger partial charge in [-0.3, -0.25) is 14.7 Å². The number of anilines is 1. The minimum atomic E-state index is -1.62. The molecule has 1 amide bonds. The molecule has 15 heteroatoms. The maximum atomic E-state index is 13.3. The molecule has 4 heterocycles. The van der Waals surface area contributed by atoms with E-state index in [1.807, 2.05) is 71.3 Å². The number of imidazole rings is 1. The Labute approximate surface area is 369 Å². The molecule has 0 saturated carbocycles. The molecule has 8 rings (SSSR count). The number of fused-ring (bicyclic) bond motifs is 3. The number of rotatable bonds is 18. The maximum Gasteiger partial charge on any atom is 0.259 e. The molecule has 326 valence electrons. The minimum absolute atomic E-state index is 0.0996. The van der Waals surface area contributed by atoms with Crippen LogP contribution in [-0.4, -0.2) is 93.4 Å². The van der Waals surface area contributed by atoms with Crippen molar-refractivity contribution in [3.8, 4) is 5.75 Å². The number of amides is 1. The van der Waals surface area contributed by atoms with E-state index in [1.165, 1.54) is 6.33 Å². The van der Waals surface area contributed by atoms with Crippen molar-refractivity contribution < 1.29 is 28.1 Å². The number of nitrogens with one attached hydrogen (secondary N) is 2. The van der Waals surface area contributed by atoms with E-state index in [1.54, 1.807) is 25.6 Å². The second-order valence-corrected chi connectivity index (χ2v) is 17.6. The van der Waals surface area contributed by atoms with Gasteiger partial charge in [-0.05, 0) is 68.7 Å². The highest BCUT2D eigenvalue weighted by Crippen LogP contribution is 2.52. The zero-order chi connectivity index (χ0) is 44.0. The lowest BCUT2D eigenvalue weighted by Gasteiger charge is -2.47. The Bertz CT molecular complexity index is 2440. The number of methoxy groups -OCH3 is 1. The number of nitrogens with zero attached hydrogens (tertiary/aromatic N) is 6. The van der Waals surface area contributed by atoms with Crippen molar-refractivity contribution in [2.45, 2.75) is 75.7 Å². The van der Waals surface area contributed by atoms with E-state index in [9.17, 15) is 4.79 Å². The van der Waals surface area contributed by atoms with Gasteiger partial charge < -0.3 is 33.4 Å². The maximum absolute atomic E-state index is 13.3. The second kappa shape index (κ2) is 19.4. The van der Waals surface area contributed by atoms with Gasteiger partial charge in [-0.2, -0.15) is 0 Å². The Morgan fingerprint density at radius 3 is 2.16 bits per heavy atom. The van der Waals surface area contributed by atoms with Gasteiger partial charge in [0, 0.05) is 24.1 Å². The predicted molar refractivity (Wildman–Crippen MR) is 242 cm³/mol. The van der Waals surface area contributed by atoms with Crippen LogP contribution in [0.5, 0.6) is 5.75 Å². The summed E-state index contributed by atoms with van der Waals surface area (Å²) in [7, 11) is 0.0447. The van der Waals surface area contributed by atoms with Gasteiger partial charge in [0.15, 0.2) is 23.2 Å². The van der Waals surface area contributed by atoms with Crippen LogP contribution in [0.15, 0.2) is 128 Å². The van der Waals surface area contributed by atoms with Crippen molar-refractivity contribution >= 4 is 31.4 Å². The third-order valence-corrected chi connectivity index (χ3v) is 13.7. The lowest BCUT2D eigenvalue weighted by atomic mass is 9.74. The molecule has 1 unspecified atom stereocenters. The van der Waals surface area contributed by atoms with E-state index in [0.29, 0.717) is 29.8 Å². The molecule has 0 spiro atoms. The van der Waals surface area contributed by atoms with Crippen molar-refractivity contribution in [3.05, 3.63) is 162 Å². The molecule has 2 N–H and O–H groups in total. The molecule has 5 atom stereocenters. The summed E-state index contributed by atoms with van der Waals surface area (Å²) in [6, 6.07) is 37.6. The van der Waals surface area contributed by atoms with Crippen LogP contribution < -0.4 is 15.4 Å². The summed E-state index contributed by atoms with van der Waals surface area (Å²) < 4.78 is 37.5. The lowest BCUT2D eigenvalue weighted by Crippen LogP contribution is -2.64. The Morgan fingerprint density at radius 2 is 1.54 bits per heavy atom. The van der Waals surface area contributed by atoms with E-state index in [4.69, 9.17) is 39.8 Å². The van der Waals surface area contributed by atoms with Gasteiger partial charge in [0.05, 0.1) is 38.2 Å². The Kier molecular flexibility index (Phi) is 13.6. The highest BCUT2D eigenvalue weighted by Gasteiger charge is 2.62. The predicted octanol–water partition coefficient (Wildman–Crippen LogP) is 8.39. The van der Waals surface area contributed by atoms with Gasteiger partial charge in [0.25, 0.3) is 14.4 Å². The summed E-state index contributed by atoms with van der Waals surface area (Å²) in [5.41, 5.74) is 2.43. The van der Waals surface area contributed by atoms with Crippen molar-refractivity contribution in [2.75, 3.05) is 38.8 Å². The quantitative estimate of drug-likeness (QED) is 0.0373. The molecule has 2 aromatic heterocycles. The third-order valence-electron chi connectivity index (χ3n) is 11.6. The van der Waals surface area contributed by atoms with Gasteiger partial charge in [0.2, 0.25) is 6.54 Å². The number of hydrogen-bond acceptors (Lipinski definition) is 11. The molecule has 0 radical (unpaired) electrons. The standard InChI is InChI=1S/C48H53N8O6P/c1-33(2)56(34(3)4)63(60-29-27-49-5)61-30-47-26-28-59-41(46(62-47)55-32-52-40-43(50-31-51-44(40)55)53-45(57)35-16-10-7-11-17-35)42(47)54-48(36-18-12-8-13-19-36,37-20-14-9-15-21-37)38-22-24-39(58-6)25-23-38/h7-25,31-34,41-42,46,54H,26-30H2,1-4,6H3,(H,50,51,53,57)/t41-,42+,46-,47-,63?/m1/s1. The zero-order valence-electron chi connectivity index (χ0n) is 36.1. The summed E-state index contributed by atoms with van der Waals surface area (Å²) in [5, 5.41) is 7.15. The molecule has 6 aromatic rings. The molecule has 2 aliphatic heterocycles. The number of benzene rings is 4. The van der Waals surface area contributed by atoms with E-state index in [0.717, 1.165) is 22.4 Å². The first-order valence-corrected chi connectivity index (χ1v) is 22.4. The van der Waals surface area contributed by atoms with E-state index < -0.39 is 38.0 Å². The molecule has 14 nitrogen and oxygen atoms in total. The van der Waals surface area contributed by atoms with Crippen LogP contribution in [-0.2, 0) is 24.1 Å². The number of hydrogen-bond donors (Lipinski definition) is 2. The van der Waals surface area contributed by atoms with Crippen molar-refractivity contribution in [2.24, 2.45) is 0 Å². The number of carbonyl (C=O) groups excluding carboxylic acids is 1. The fourth-order valence-corrected chi connectivity index (χ4v) is 10.5. The average molecular weight is 869 g/mol. The highest BCUT2D eigenvalue weighted by atomic mass is 31.2.